The summed E-state index contributed by atoms with van der Waals surface area (Å²) >= 11 is 1.39. The van der Waals surface area contributed by atoms with Crippen molar-refractivity contribution >= 4 is 17.7 Å². The van der Waals surface area contributed by atoms with Gasteiger partial charge in [0.05, 0.1) is 6.61 Å². The van der Waals surface area contributed by atoms with Crippen LogP contribution in [0.15, 0.2) is 9.95 Å². The number of thioether (sulfide) groups is 1. The van der Waals surface area contributed by atoms with Crippen LogP contribution in [-0.4, -0.2) is 28.8 Å². The predicted octanol–water partition coefficient (Wildman–Crippen LogP) is 1.69. The van der Waals surface area contributed by atoms with Crippen LogP contribution in [0, 0.1) is 6.92 Å². The van der Waals surface area contributed by atoms with Gasteiger partial charge in [0.25, 0.3) is 5.56 Å². The Bertz CT molecular complexity index is 471. The number of ether oxygens (including phenoxy) is 1. The summed E-state index contributed by atoms with van der Waals surface area (Å²) < 4.78 is 5.03. The van der Waals surface area contributed by atoms with Gasteiger partial charge >= 0.3 is 5.97 Å². The van der Waals surface area contributed by atoms with Gasteiger partial charge in [-0.25, -0.2) is 4.98 Å². The third-order valence-electron chi connectivity index (χ3n) is 2.46. The van der Waals surface area contributed by atoms with E-state index in [-0.39, 0.29) is 18.1 Å². The highest BCUT2D eigenvalue weighted by Gasteiger charge is 2.09. The first-order chi connectivity index (χ1) is 8.58. The van der Waals surface area contributed by atoms with E-state index in [1.807, 2.05) is 13.2 Å². The number of nitrogens with zero attached hydrogens (tertiary/aromatic N) is 1. The summed E-state index contributed by atoms with van der Waals surface area (Å²) in [6.45, 7) is 3.93. The van der Waals surface area contributed by atoms with Crippen LogP contribution in [0.25, 0.3) is 0 Å². The molecule has 0 saturated carbocycles. The van der Waals surface area contributed by atoms with Crippen molar-refractivity contribution in [2.75, 3.05) is 12.9 Å². The molecule has 1 rings (SSSR count). The van der Waals surface area contributed by atoms with Gasteiger partial charge in [-0.1, -0.05) is 18.7 Å². The number of hydrogen-bond donors (Lipinski definition) is 1. The van der Waals surface area contributed by atoms with Crippen molar-refractivity contribution in [3.63, 3.8) is 0 Å². The first-order valence-corrected chi connectivity index (χ1v) is 7.10. The topological polar surface area (TPSA) is 72.0 Å². The molecule has 0 saturated heterocycles. The molecular weight excluding hydrogens is 252 g/mol. The Labute approximate surface area is 110 Å². The van der Waals surface area contributed by atoms with E-state index in [1.54, 1.807) is 6.92 Å². The number of aryl methyl sites for hydroxylation is 1. The number of carbonyl (C=O) groups is 1. The van der Waals surface area contributed by atoms with E-state index in [0.717, 1.165) is 6.42 Å². The van der Waals surface area contributed by atoms with Gasteiger partial charge < -0.3 is 9.72 Å². The lowest BCUT2D eigenvalue weighted by atomic mass is 10.2. The third-order valence-corrected chi connectivity index (χ3v) is 3.04. The van der Waals surface area contributed by atoms with E-state index in [1.165, 1.54) is 11.8 Å². The predicted molar refractivity (Wildman–Crippen MR) is 70.9 cm³/mol. The number of hydrogen-bond acceptors (Lipinski definition) is 5. The maximum absolute atomic E-state index is 11.8. The van der Waals surface area contributed by atoms with Crippen LogP contribution in [0.4, 0.5) is 0 Å². The number of aromatic nitrogens is 2. The lowest BCUT2D eigenvalue weighted by Crippen LogP contribution is -2.19. The Hall–Kier alpha value is -1.30. The lowest BCUT2D eigenvalue weighted by molar-refractivity contribution is -0.143. The molecule has 1 heterocycles. The highest BCUT2D eigenvalue weighted by atomic mass is 32.2. The van der Waals surface area contributed by atoms with Gasteiger partial charge in [-0.15, -0.1) is 0 Å². The van der Waals surface area contributed by atoms with Crippen molar-refractivity contribution in [2.45, 2.75) is 38.3 Å². The summed E-state index contributed by atoms with van der Waals surface area (Å²) in [5.41, 5.74) is 1.12. The van der Waals surface area contributed by atoms with Gasteiger partial charge in [-0.05, 0) is 19.6 Å². The molecule has 0 radical (unpaired) electrons. The second kappa shape index (κ2) is 7.20. The molecule has 0 bridgehead atoms. The van der Waals surface area contributed by atoms with Crippen molar-refractivity contribution in [3.8, 4) is 0 Å². The summed E-state index contributed by atoms with van der Waals surface area (Å²) in [5, 5.41) is 0.601. The normalized spacial score (nSPS) is 10.4. The summed E-state index contributed by atoms with van der Waals surface area (Å²) in [5.74, 6) is -0.222. The van der Waals surface area contributed by atoms with Crippen LogP contribution >= 0.6 is 11.8 Å². The van der Waals surface area contributed by atoms with Gasteiger partial charge in [0.2, 0.25) is 0 Å². The smallest absolute Gasteiger partial charge is 0.305 e. The molecule has 0 aromatic carbocycles. The molecule has 100 valence electrons. The van der Waals surface area contributed by atoms with Crippen LogP contribution in [0.3, 0.4) is 0 Å². The average Bonchev–Trinajstić information content (AvgIpc) is 2.32. The lowest BCUT2D eigenvalue weighted by Gasteiger charge is -2.06. The van der Waals surface area contributed by atoms with Gasteiger partial charge in [-0.3, -0.25) is 9.59 Å². The molecule has 0 spiro atoms. The minimum Gasteiger partial charge on any atom is -0.465 e. The Morgan fingerprint density at radius 1 is 1.50 bits per heavy atom. The van der Waals surface area contributed by atoms with Crippen LogP contribution in [0.5, 0.6) is 0 Å². The minimum absolute atomic E-state index is 0.154. The quantitative estimate of drug-likeness (QED) is 0.484. The number of H-pyrrole nitrogens is 1. The Morgan fingerprint density at radius 2 is 2.22 bits per heavy atom. The first-order valence-electron chi connectivity index (χ1n) is 5.87. The molecule has 0 aliphatic rings. The van der Waals surface area contributed by atoms with Crippen LogP contribution in [0.1, 0.15) is 31.0 Å². The van der Waals surface area contributed by atoms with Gasteiger partial charge in [0.1, 0.15) is 0 Å². The van der Waals surface area contributed by atoms with Crippen LogP contribution in [-0.2, 0) is 16.0 Å². The maximum atomic E-state index is 11.8. The molecule has 6 heteroatoms. The molecule has 5 nitrogen and oxygen atoms in total. The summed E-state index contributed by atoms with van der Waals surface area (Å²) in [7, 11) is 0. The average molecular weight is 270 g/mol. The van der Waals surface area contributed by atoms with Crippen molar-refractivity contribution in [3.05, 3.63) is 21.6 Å². The molecule has 0 aliphatic carbocycles. The molecule has 1 aromatic rings. The molecule has 0 aliphatic heterocycles. The van der Waals surface area contributed by atoms with Crippen molar-refractivity contribution in [2.24, 2.45) is 0 Å². The van der Waals surface area contributed by atoms with E-state index in [2.05, 4.69) is 9.97 Å². The van der Waals surface area contributed by atoms with E-state index in [4.69, 9.17) is 4.74 Å². The zero-order valence-corrected chi connectivity index (χ0v) is 11.7. The van der Waals surface area contributed by atoms with Crippen LogP contribution in [0.2, 0.25) is 0 Å². The van der Waals surface area contributed by atoms with Crippen molar-refractivity contribution in [1.29, 1.82) is 0 Å². The van der Waals surface area contributed by atoms with E-state index in [9.17, 15) is 9.59 Å². The van der Waals surface area contributed by atoms with Gasteiger partial charge in [-0.2, -0.15) is 0 Å². The van der Waals surface area contributed by atoms with E-state index < -0.39 is 0 Å². The summed E-state index contributed by atoms with van der Waals surface area (Å²) in [6.07, 6.45) is 3.43. The molecule has 0 fully saturated rings. The van der Waals surface area contributed by atoms with E-state index in [0.29, 0.717) is 29.3 Å². The SMILES string of the molecule is CCCC(=O)OCCc1c(C)nc(SC)[nH]c1=O. The summed E-state index contributed by atoms with van der Waals surface area (Å²) in [6, 6.07) is 0. The minimum atomic E-state index is -0.222. The maximum Gasteiger partial charge on any atom is 0.305 e. The fourth-order valence-electron chi connectivity index (χ4n) is 1.52. The Morgan fingerprint density at radius 3 is 2.78 bits per heavy atom. The molecule has 18 heavy (non-hydrogen) atoms. The molecule has 0 atom stereocenters. The molecule has 0 unspecified atom stereocenters. The van der Waals surface area contributed by atoms with Crippen LogP contribution < -0.4 is 5.56 Å². The zero-order chi connectivity index (χ0) is 13.5. The fourth-order valence-corrected chi connectivity index (χ4v) is 1.94. The standard InChI is InChI=1S/C12H18N2O3S/c1-4-5-10(15)17-7-6-9-8(2)13-12(18-3)14-11(9)16/h4-7H2,1-3H3,(H,13,14,16). The first kappa shape index (κ1) is 14.8. The summed E-state index contributed by atoms with van der Waals surface area (Å²) in [4.78, 5) is 29.9. The molecule has 1 aromatic heterocycles. The molecule has 0 amide bonds. The van der Waals surface area contributed by atoms with Gasteiger partial charge in [0, 0.05) is 24.1 Å². The second-order valence-corrected chi connectivity index (χ2v) is 4.65. The largest absolute Gasteiger partial charge is 0.465 e. The number of rotatable bonds is 6. The highest BCUT2D eigenvalue weighted by molar-refractivity contribution is 7.98. The number of carbonyl (C=O) groups excluding carboxylic acids is 1. The highest BCUT2D eigenvalue weighted by Crippen LogP contribution is 2.08. The molecule has 1 N–H and O–H groups in total. The second-order valence-electron chi connectivity index (χ2n) is 3.86. The van der Waals surface area contributed by atoms with Crippen molar-refractivity contribution < 1.29 is 9.53 Å². The van der Waals surface area contributed by atoms with Crippen molar-refractivity contribution in [1.82, 2.24) is 9.97 Å². The zero-order valence-electron chi connectivity index (χ0n) is 10.9. The molecular formula is C12H18N2O3S. The number of esters is 1. The Balaban J connectivity index is 2.63. The van der Waals surface area contributed by atoms with Gasteiger partial charge in [0.15, 0.2) is 5.16 Å². The third kappa shape index (κ3) is 4.18. The number of aromatic amines is 1. The van der Waals surface area contributed by atoms with E-state index >= 15 is 0 Å². The fraction of sp³-hybridized carbons (Fsp3) is 0.583. The number of nitrogens with one attached hydrogen (secondary N) is 1. The Kier molecular flexibility index (Phi) is 5.91. The monoisotopic (exact) mass is 270 g/mol.